The van der Waals surface area contributed by atoms with E-state index in [0.29, 0.717) is 52.7 Å². The lowest BCUT2D eigenvalue weighted by Gasteiger charge is -2.13. The zero-order valence-electron chi connectivity index (χ0n) is 18.3. The maximum Gasteiger partial charge on any atom is 0.234 e. The number of carbonyl (C=O) groups excluding carboxylic acids is 1. The minimum Gasteiger partial charge on any atom is -0.497 e. The fourth-order valence-electron chi connectivity index (χ4n) is 2.84. The molecule has 0 radical (unpaired) electrons. The summed E-state index contributed by atoms with van der Waals surface area (Å²) in [7, 11) is 3.13. The van der Waals surface area contributed by atoms with Gasteiger partial charge in [-0.25, -0.2) is 0 Å². The summed E-state index contributed by atoms with van der Waals surface area (Å²) in [6, 6.07) is 10.6. The second-order valence-electron chi connectivity index (χ2n) is 6.28. The predicted octanol–water partition coefficient (Wildman–Crippen LogP) is 3.21. The third-order valence-corrected chi connectivity index (χ3v) is 5.13. The Morgan fingerprint density at radius 1 is 1.00 bits per heavy atom. The highest BCUT2D eigenvalue weighted by molar-refractivity contribution is 7.99. The number of benzene rings is 2. The van der Waals surface area contributed by atoms with E-state index in [1.165, 1.54) is 16.4 Å². The number of methoxy groups -OCH3 is 2. The molecule has 1 N–H and O–H groups in total. The molecule has 0 atom stereocenters. The van der Waals surface area contributed by atoms with Crippen molar-refractivity contribution in [1.82, 2.24) is 20.2 Å². The fraction of sp³-hybridized carbons (Fsp3) is 0.333. The third kappa shape index (κ3) is 5.61. The van der Waals surface area contributed by atoms with E-state index in [-0.39, 0.29) is 11.7 Å². The molecular formula is C21H25N5O5S. The average molecular weight is 460 g/mol. The largest absolute Gasteiger partial charge is 0.497 e. The van der Waals surface area contributed by atoms with Gasteiger partial charge in [0.25, 0.3) is 0 Å². The Kier molecular flexibility index (Phi) is 8.14. The molecular weight excluding hydrogens is 434 g/mol. The SMILES string of the molecule is CCOc1ccc(NC(=O)CSc2nnnn2-c2cc(OC)ccc2OC)cc1OCC. The number of carbonyl (C=O) groups is 1. The van der Waals surface area contributed by atoms with Gasteiger partial charge < -0.3 is 24.3 Å². The maximum absolute atomic E-state index is 12.5. The number of thioether (sulfide) groups is 1. The van der Waals surface area contributed by atoms with Crippen molar-refractivity contribution in [3.8, 4) is 28.7 Å². The van der Waals surface area contributed by atoms with Gasteiger partial charge in [-0.05, 0) is 48.5 Å². The van der Waals surface area contributed by atoms with Gasteiger partial charge in [0, 0.05) is 17.8 Å². The summed E-state index contributed by atoms with van der Waals surface area (Å²) >= 11 is 1.20. The fourth-order valence-corrected chi connectivity index (χ4v) is 3.52. The first-order valence-corrected chi connectivity index (χ1v) is 10.9. The minimum absolute atomic E-state index is 0.101. The van der Waals surface area contributed by atoms with Gasteiger partial charge in [-0.15, -0.1) is 5.10 Å². The molecule has 1 aromatic heterocycles. The predicted molar refractivity (Wildman–Crippen MR) is 120 cm³/mol. The van der Waals surface area contributed by atoms with Crippen LogP contribution < -0.4 is 24.3 Å². The van der Waals surface area contributed by atoms with Gasteiger partial charge in [0.1, 0.15) is 17.2 Å². The Morgan fingerprint density at radius 2 is 1.75 bits per heavy atom. The number of tetrazole rings is 1. The molecule has 0 fully saturated rings. The van der Waals surface area contributed by atoms with Gasteiger partial charge in [0.15, 0.2) is 11.5 Å². The van der Waals surface area contributed by atoms with Crippen LogP contribution in [0.4, 0.5) is 5.69 Å². The molecule has 0 spiro atoms. The van der Waals surface area contributed by atoms with E-state index >= 15 is 0 Å². The molecule has 0 aliphatic rings. The third-order valence-electron chi connectivity index (χ3n) is 4.21. The quantitative estimate of drug-likeness (QED) is 0.432. The molecule has 0 aliphatic carbocycles. The van der Waals surface area contributed by atoms with Gasteiger partial charge in [-0.3, -0.25) is 4.79 Å². The van der Waals surface area contributed by atoms with Crippen molar-refractivity contribution in [2.75, 3.05) is 38.5 Å². The van der Waals surface area contributed by atoms with E-state index < -0.39 is 0 Å². The van der Waals surface area contributed by atoms with Crippen LogP contribution in [0, 0.1) is 0 Å². The van der Waals surface area contributed by atoms with E-state index in [9.17, 15) is 4.79 Å². The molecule has 1 heterocycles. The molecule has 3 aromatic rings. The van der Waals surface area contributed by atoms with Gasteiger partial charge in [-0.1, -0.05) is 11.8 Å². The van der Waals surface area contributed by atoms with Crippen LogP contribution in [0.1, 0.15) is 13.8 Å². The molecule has 0 saturated carbocycles. The number of nitrogens with one attached hydrogen (secondary N) is 1. The van der Waals surface area contributed by atoms with E-state index in [0.717, 1.165) is 0 Å². The van der Waals surface area contributed by atoms with E-state index in [2.05, 4.69) is 20.8 Å². The van der Waals surface area contributed by atoms with Crippen LogP contribution in [0.15, 0.2) is 41.6 Å². The molecule has 11 heteroatoms. The second-order valence-corrected chi connectivity index (χ2v) is 7.22. The van der Waals surface area contributed by atoms with Crippen LogP contribution in [0.25, 0.3) is 5.69 Å². The van der Waals surface area contributed by atoms with Crippen molar-refractivity contribution in [2.24, 2.45) is 0 Å². The number of nitrogens with zero attached hydrogens (tertiary/aromatic N) is 4. The first kappa shape index (κ1) is 23.2. The molecule has 2 aromatic carbocycles. The monoisotopic (exact) mass is 459 g/mol. The van der Waals surface area contributed by atoms with Crippen molar-refractivity contribution in [2.45, 2.75) is 19.0 Å². The van der Waals surface area contributed by atoms with Crippen molar-refractivity contribution in [3.63, 3.8) is 0 Å². The number of aromatic nitrogens is 4. The lowest BCUT2D eigenvalue weighted by Crippen LogP contribution is -2.15. The smallest absolute Gasteiger partial charge is 0.234 e. The molecule has 0 saturated heterocycles. The zero-order valence-corrected chi connectivity index (χ0v) is 19.1. The summed E-state index contributed by atoms with van der Waals surface area (Å²) in [5.74, 6) is 2.30. The molecule has 3 rings (SSSR count). The van der Waals surface area contributed by atoms with E-state index in [4.69, 9.17) is 18.9 Å². The number of hydrogen-bond acceptors (Lipinski definition) is 9. The number of hydrogen-bond donors (Lipinski definition) is 1. The van der Waals surface area contributed by atoms with Gasteiger partial charge >= 0.3 is 0 Å². The molecule has 32 heavy (non-hydrogen) atoms. The first-order chi connectivity index (χ1) is 15.6. The Labute approximate surface area is 190 Å². The highest BCUT2D eigenvalue weighted by atomic mass is 32.2. The number of amides is 1. The second kappa shape index (κ2) is 11.2. The van der Waals surface area contributed by atoms with Crippen LogP contribution in [-0.4, -0.2) is 59.3 Å². The van der Waals surface area contributed by atoms with Crippen molar-refractivity contribution in [3.05, 3.63) is 36.4 Å². The zero-order chi connectivity index (χ0) is 22.9. The number of anilines is 1. The van der Waals surface area contributed by atoms with E-state index in [1.54, 1.807) is 50.6 Å². The normalized spacial score (nSPS) is 10.5. The Morgan fingerprint density at radius 3 is 2.47 bits per heavy atom. The molecule has 170 valence electrons. The van der Waals surface area contributed by atoms with Gasteiger partial charge in [-0.2, -0.15) is 4.68 Å². The lowest BCUT2D eigenvalue weighted by atomic mass is 10.2. The molecule has 0 bridgehead atoms. The summed E-state index contributed by atoms with van der Waals surface area (Å²) in [4.78, 5) is 12.5. The molecule has 1 amide bonds. The van der Waals surface area contributed by atoms with Crippen molar-refractivity contribution >= 4 is 23.4 Å². The Bertz CT molecular complexity index is 1060. The van der Waals surface area contributed by atoms with Crippen LogP contribution in [-0.2, 0) is 4.79 Å². The summed E-state index contributed by atoms with van der Waals surface area (Å²) < 4.78 is 23.3. The highest BCUT2D eigenvalue weighted by Gasteiger charge is 2.16. The van der Waals surface area contributed by atoms with Gasteiger partial charge in [0.05, 0.1) is 33.2 Å². The first-order valence-electron chi connectivity index (χ1n) is 9.92. The summed E-state index contributed by atoms with van der Waals surface area (Å²) in [5.41, 5.74) is 1.21. The summed E-state index contributed by atoms with van der Waals surface area (Å²) in [5, 5.41) is 15.1. The Hall–Kier alpha value is -3.47. The van der Waals surface area contributed by atoms with Crippen molar-refractivity contribution < 1.29 is 23.7 Å². The Balaban J connectivity index is 1.70. The average Bonchev–Trinajstić information content (AvgIpc) is 3.27. The van der Waals surface area contributed by atoms with Crippen LogP contribution in [0.5, 0.6) is 23.0 Å². The maximum atomic E-state index is 12.5. The summed E-state index contributed by atoms with van der Waals surface area (Å²) in [6.45, 7) is 4.80. The van der Waals surface area contributed by atoms with Crippen LogP contribution >= 0.6 is 11.8 Å². The standard InChI is InChI=1S/C21H25N5O5S/c1-5-30-18-9-7-14(11-19(18)31-6-2)22-20(27)13-32-21-23-24-25-26(21)16-12-15(28-3)8-10-17(16)29-4/h7-12H,5-6,13H2,1-4H3,(H,22,27). The topological polar surface area (TPSA) is 110 Å². The molecule has 10 nitrogen and oxygen atoms in total. The minimum atomic E-state index is -0.214. The summed E-state index contributed by atoms with van der Waals surface area (Å²) in [6.07, 6.45) is 0. The molecule has 0 aliphatic heterocycles. The van der Waals surface area contributed by atoms with Crippen molar-refractivity contribution in [1.29, 1.82) is 0 Å². The van der Waals surface area contributed by atoms with Gasteiger partial charge in [0.2, 0.25) is 11.1 Å². The van der Waals surface area contributed by atoms with E-state index in [1.807, 2.05) is 13.8 Å². The number of ether oxygens (including phenoxy) is 4. The van der Waals surface area contributed by atoms with Crippen LogP contribution in [0.2, 0.25) is 0 Å². The molecule has 0 unspecified atom stereocenters. The lowest BCUT2D eigenvalue weighted by molar-refractivity contribution is -0.113. The van der Waals surface area contributed by atoms with Crippen LogP contribution in [0.3, 0.4) is 0 Å². The number of rotatable bonds is 11. The highest BCUT2D eigenvalue weighted by Crippen LogP contribution is 2.31.